The standard InChI is InChI=1S/C20H25N3O3/c1-12-4-5-14(18(24)21-15-8-9-15)11-16(12)22-19(25)17-3-2-10-23(17)20(26)13-6-7-13/h4-5,11,13,15,17H,2-3,6-10H2,1H3,(H,21,24)(H,22,25). The molecule has 3 amide bonds. The highest BCUT2D eigenvalue weighted by atomic mass is 16.2. The quantitative estimate of drug-likeness (QED) is 0.850. The lowest BCUT2D eigenvalue weighted by Gasteiger charge is -2.24. The van der Waals surface area contributed by atoms with Crippen LogP contribution in [-0.2, 0) is 9.59 Å². The van der Waals surface area contributed by atoms with Crippen LogP contribution in [0.1, 0.15) is 54.4 Å². The summed E-state index contributed by atoms with van der Waals surface area (Å²) in [7, 11) is 0. The van der Waals surface area contributed by atoms with Crippen LogP contribution in [0.3, 0.4) is 0 Å². The molecular weight excluding hydrogens is 330 g/mol. The number of amides is 3. The number of aryl methyl sites for hydroxylation is 1. The van der Waals surface area contributed by atoms with Crippen LogP contribution in [0.25, 0.3) is 0 Å². The van der Waals surface area contributed by atoms with E-state index < -0.39 is 6.04 Å². The highest BCUT2D eigenvalue weighted by molar-refractivity contribution is 6.00. The minimum Gasteiger partial charge on any atom is -0.349 e. The Kier molecular flexibility index (Phi) is 4.42. The van der Waals surface area contributed by atoms with Crippen molar-refractivity contribution in [1.29, 1.82) is 0 Å². The Hall–Kier alpha value is -2.37. The van der Waals surface area contributed by atoms with Crippen molar-refractivity contribution in [3.05, 3.63) is 29.3 Å². The first-order valence-electron chi connectivity index (χ1n) is 9.56. The molecule has 6 nitrogen and oxygen atoms in total. The molecule has 6 heteroatoms. The van der Waals surface area contributed by atoms with E-state index >= 15 is 0 Å². The number of nitrogens with one attached hydrogen (secondary N) is 2. The van der Waals surface area contributed by atoms with Gasteiger partial charge in [0, 0.05) is 29.8 Å². The summed E-state index contributed by atoms with van der Waals surface area (Å²) in [4.78, 5) is 39.2. The summed E-state index contributed by atoms with van der Waals surface area (Å²) in [6.07, 6.45) is 5.52. The van der Waals surface area contributed by atoms with E-state index in [1.165, 1.54) is 0 Å². The lowest BCUT2D eigenvalue weighted by Crippen LogP contribution is -2.43. The molecule has 0 bridgehead atoms. The fourth-order valence-electron chi connectivity index (χ4n) is 3.48. The number of hydrogen-bond donors (Lipinski definition) is 2. The van der Waals surface area contributed by atoms with Crippen LogP contribution in [-0.4, -0.2) is 41.2 Å². The first kappa shape index (κ1) is 17.1. The van der Waals surface area contributed by atoms with E-state index in [2.05, 4.69) is 10.6 Å². The molecule has 1 unspecified atom stereocenters. The molecule has 1 saturated heterocycles. The SMILES string of the molecule is Cc1ccc(C(=O)NC2CC2)cc1NC(=O)C1CCCN1C(=O)C1CC1. The molecule has 0 radical (unpaired) electrons. The number of benzene rings is 1. The van der Waals surface area contributed by atoms with E-state index in [0.717, 1.165) is 37.7 Å². The van der Waals surface area contributed by atoms with E-state index in [1.54, 1.807) is 17.0 Å². The second-order valence-corrected chi connectivity index (χ2v) is 7.73. The second-order valence-electron chi connectivity index (χ2n) is 7.73. The minimum atomic E-state index is -0.397. The molecule has 0 spiro atoms. The van der Waals surface area contributed by atoms with Crippen LogP contribution in [0.15, 0.2) is 18.2 Å². The topological polar surface area (TPSA) is 78.5 Å². The third-order valence-corrected chi connectivity index (χ3v) is 5.44. The molecule has 138 valence electrons. The van der Waals surface area contributed by atoms with Crippen LogP contribution in [0, 0.1) is 12.8 Å². The molecule has 0 aromatic heterocycles. The normalized spacial score (nSPS) is 22.2. The Morgan fingerprint density at radius 2 is 1.85 bits per heavy atom. The third-order valence-electron chi connectivity index (χ3n) is 5.44. The van der Waals surface area contributed by atoms with Gasteiger partial charge in [0.05, 0.1) is 0 Å². The predicted octanol–water partition coefficient (Wildman–Crippen LogP) is 2.23. The Morgan fingerprint density at radius 3 is 2.54 bits per heavy atom. The van der Waals surface area contributed by atoms with Gasteiger partial charge in [-0.1, -0.05) is 6.07 Å². The fourth-order valence-corrected chi connectivity index (χ4v) is 3.48. The van der Waals surface area contributed by atoms with Gasteiger partial charge >= 0.3 is 0 Å². The monoisotopic (exact) mass is 355 g/mol. The third kappa shape index (κ3) is 3.59. The van der Waals surface area contributed by atoms with Crippen LogP contribution >= 0.6 is 0 Å². The summed E-state index contributed by atoms with van der Waals surface area (Å²) in [5.74, 6) is -0.00901. The van der Waals surface area contributed by atoms with Crippen LogP contribution in [0.4, 0.5) is 5.69 Å². The van der Waals surface area contributed by atoms with Crippen LogP contribution in [0.2, 0.25) is 0 Å². The van der Waals surface area contributed by atoms with E-state index in [0.29, 0.717) is 30.3 Å². The summed E-state index contributed by atoms with van der Waals surface area (Å²) in [6, 6.07) is 5.25. The van der Waals surface area contributed by atoms with Gasteiger partial charge in [-0.2, -0.15) is 0 Å². The Labute approximate surface area is 153 Å². The molecular formula is C20H25N3O3. The zero-order chi connectivity index (χ0) is 18.3. The van der Waals surface area contributed by atoms with Crippen molar-refractivity contribution in [2.75, 3.05) is 11.9 Å². The van der Waals surface area contributed by atoms with Gasteiger partial charge in [-0.25, -0.2) is 0 Å². The number of carbonyl (C=O) groups excluding carboxylic acids is 3. The fraction of sp³-hybridized carbons (Fsp3) is 0.550. The van der Waals surface area contributed by atoms with Crippen molar-refractivity contribution < 1.29 is 14.4 Å². The zero-order valence-electron chi connectivity index (χ0n) is 15.1. The summed E-state index contributed by atoms with van der Waals surface area (Å²) in [5.41, 5.74) is 2.10. The van der Waals surface area contributed by atoms with E-state index in [1.807, 2.05) is 13.0 Å². The molecule has 26 heavy (non-hydrogen) atoms. The van der Waals surface area contributed by atoms with Crippen molar-refractivity contribution in [1.82, 2.24) is 10.2 Å². The highest BCUT2D eigenvalue weighted by Crippen LogP contribution is 2.34. The van der Waals surface area contributed by atoms with E-state index in [9.17, 15) is 14.4 Å². The molecule has 1 aromatic rings. The molecule has 1 heterocycles. The minimum absolute atomic E-state index is 0.102. The number of nitrogens with zero attached hydrogens (tertiary/aromatic N) is 1. The number of carbonyl (C=O) groups is 3. The van der Waals surface area contributed by atoms with Gasteiger partial charge in [0.25, 0.3) is 5.91 Å². The lowest BCUT2D eigenvalue weighted by molar-refractivity contribution is -0.137. The molecule has 1 aliphatic heterocycles. The zero-order valence-corrected chi connectivity index (χ0v) is 15.1. The molecule has 3 aliphatic rings. The summed E-state index contributed by atoms with van der Waals surface area (Å²) in [6.45, 7) is 2.57. The molecule has 3 fully saturated rings. The summed E-state index contributed by atoms with van der Waals surface area (Å²) >= 11 is 0. The van der Waals surface area contributed by atoms with Crippen molar-refractivity contribution in [3.8, 4) is 0 Å². The Morgan fingerprint density at radius 1 is 1.08 bits per heavy atom. The molecule has 2 N–H and O–H groups in total. The smallest absolute Gasteiger partial charge is 0.251 e. The Balaban J connectivity index is 1.46. The maximum absolute atomic E-state index is 12.8. The van der Waals surface area contributed by atoms with Gasteiger partial charge in [-0.15, -0.1) is 0 Å². The van der Waals surface area contributed by atoms with Crippen LogP contribution in [0.5, 0.6) is 0 Å². The van der Waals surface area contributed by atoms with Gasteiger partial charge in [0.15, 0.2) is 0 Å². The number of anilines is 1. The maximum Gasteiger partial charge on any atom is 0.251 e. The van der Waals surface area contributed by atoms with E-state index in [4.69, 9.17) is 0 Å². The molecule has 4 rings (SSSR count). The predicted molar refractivity (Wildman–Crippen MR) is 97.8 cm³/mol. The average Bonchev–Trinajstić information content (AvgIpc) is 3.55. The molecule has 2 aliphatic carbocycles. The van der Waals surface area contributed by atoms with Crippen LogP contribution < -0.4 is 10.6 Å². The average molecular weight is 355 g/mol. The first-order valence-corrected chi connectivity index (χ1v) is 9.56. The largest absolute Gasteiger partial charge is 0.349 e. The number of likely N-dealkylation sites (tertiary alicyclic amines) is 1. The summed E-state index contributed by atoms with van der Waals surface area (Å²) < 4.78 is 0. The van der Waals surface area contributed by atoms with E-state index in [-0.39, 0.29) is 23.6 Å². The van der Waals surface area contributed by atoms with Crippen molar-refractivity contribution >= 4 is 23.4 Å². The van der Waals surface area contributed by atoms with Crippen molar-refractivity contribution in [2.45, 2.75) is 57.5 Å². The van der Waals surface area contributed by atoms with Crippen molar-refractivity contribution in [3.63, 3.8) is 0 Å². The maximum atomic E-state index is 12.8. The van der Waals surface area contributed by atoms with Gasteiger partial charge in [0.1, 0.15) is 6.04 Å². The number of hydrogen-bond acceptors (Lipinski definition) is 3. The Bertz CT molecular complexity index is 753. The van der Waals surface area contributed by atoms with Gasteiger partial charge in [-0.3, -0.25) is 14.4 Å². The van der Waals surface area contributed by atoms with Gasteiger partial charge in [0.2, 0.25) is 11.8 Å². The lowest BCUT2D eigenvalue weighted by atomic mass is 10.1. The first-order chi connectivity index (χ1) is 12.5. The number of rotatable bonds is 5. The van der Waals surface area contributed by atoms with Gasteiger partial charge < -0.3 is 15.5 Å². The second kappa shape index (κ2) is 6.74. The summed E-state index contributed by atoms with van der Waals surface area (Å²) in [5, 5.41) is 5.91. The highest BCUT2D eigenvalue weighted by Gasteiger charge is 2.40. The molecule has 1 aromatic carbocycles. The van der Waals surface area contributed by atoms with Crippen molar-refractivity contribution in [2.24, 2.45) is 5.92 Å². The molecule has 1 atom stereocenters. The molecule has 2 saturated carbocycles. The van der Waals surface area contributed by atoms with Gasteiger partial charge in [-0.05, 0) is 63.1 Å².